The molecule has 0 aliphatic carbocycles. The van der Waals surface area contributed by atoms with Gasteiger partial charge in [-0.3, -0.25) is 0 Å². The van der Waals surface area contributed by atoms with Gasteiger partial charge >= 0.3 is 12.4 Å². The zero-order valence-electron chi connectivity index (χ0n) is 19.8. The number of nitrogens with zero attached hydrogens (tertiary/aromatic N) is 2. The van der Waals surface area contributed by atoms with E-state index in [-0.39, 0.29) is 37.6 Å². The van der Waals surface area contributed by atoms with Crippen molar-refractivity contribution in [2.45, 2.75) is 45.5 Å². The molecule has 12 heteroatoms. The van der Waals surface area contributed by atoms with E-state index in [1.165, 1.54) is 9.80 Å². The summed E-state index contributed by atoms with van der Waals surface area (Å²) < 4.78 is 88.5. The maximum absolute atomic E-state index is 14.7. The number of benzene rings is 2. The second-order valence-corrected chi connectivity index (χ2v) is 7.96. The van der Waals surface area contributed by atoms with Crippen molar-refractivity contribution in [3.8, 4) is 11.5 Å². The SMILES string of the molecule is CCN(CC)c1cc(C(c2cc(N)c(O)c(N(CC)CC)c2)(C(F)(F)F)C(F)(F)F)cc(N)c1O. The quantitative estimate of drug-likeness (QED) is 0.218. The third kappa shape index (κ3) is 4.57. The number of nitrogens with two attached hydrogens (primary N) is 2. The minimum absolute atomic E-state index is 0.191. The molecule has 6 nitrogen and oxygen atoms in total. The highest BCUT2D eigenvalue weighted by Gasteiger charge is 2.73. The first kappa shape index (κ1) is 28.1. The van der Waals surface area contributed by atoms with E-state index >= 15 is 0 Å². The number of hydrogen-bond donors (Lipinski definition) is 4. The Hall–Kier alpha value is -3.18. The number of aromatic hydroxyl groups is 2. The fourth-order valence-corrected chi connectivity index (χ4v) is 4.31. The van der Waals surface area contributed by atoms with Crippen LogP contribution in [0.25, 0.3) is 0 Å². The Balaban J connectivity index is 3.12. The average Bonchev–Trinajstić information content (AvgIpc) is 2.74. The summed E-state index contributed by atoms with van der Waals surface area (Å²) >= 11 is 0. The smallest absolute Gasteiger partial charge is 0.411 e. The van der Waals surface area contributed by atoms with Crippen LogP contribution in [0, 0.1) is 0 Å². The van der Waals surface area contributed by atoms with Gasteiger partial charge in [-0.2, -0.15) is 26.3 Å². The van der Waals surface area contributed by atoms with Crippen molar-refractivity contribution < 1.29 is 36.6 Å². The van der Waals surface area contributed by atoms with E-state index in [0.717, 1.165) is 0 Å². The Kier molecular flexibility index (Phi) is 7.88. The lowest BCUT2D eigenvalue weighted by atomic mass is 9.72. The monoisotopic (exact) mass is 508 g/mol. The molecule has 2 rings (SSSR count). The van der Waals surface area contributed by atoms with Gasteiger partial charge in [0.05, 0.1) is 22.7 Å². The van der Waals surface area contributed by atoms with E-state index in [1.807, 2.05) is 0 Å². The molecule has 0 aliphatic heterocycles. The van der Waals surface area contributed by atoms with Crippen LogP contribution in [0.1, 0.15) is 38.8 Å². The Morgan fingerprint density at radius 1 is 0.629 bits per heavy atom. The minimum atomic E-state index is -5.90. The fourth-order valence-electron chi connectivity index (χ4n) is 4.31. The predicted octanol–water partition coefficient (Wildman–Crippen LogP) is 5.37. The van der Waals surface area contributed by atoms with Gasteiger partial charge in [-0.05, 0) is 63.1 Å². The molecule has 0 saturated carbocycles. The van der Waals surface area contributed by atoms with Crippen LogP contribution in [0.3, 0.4) is 0 Å². The summed E-state index contributed by atoms with van der Waals surface area (Å²) in [6, 6.07) is 2.26. The molecule has 0 fully saturated rings. The summed E-state index contributed by atoms with van der Waals surface area (Å²) in [5.74, 6) is -1.24. The number of rotatable bonds is 8. The van der Waals surface area contributed by atoms with Crippen LogP contribution >= 0.6 is 0 Å². The molecule has 35 heavy (non-hydrogen) atoms. The van der Waals surface area contributed by atoms with Crippen molar-refractivity contribution in [2.24, 2.45) is 0 Å². The summed E-state index contributed by atoms with van der Waals surface area (Å²) in [5.41, 5.74) is 2.61. The van der Waals surface area contributed by atoms with Crippen molar-refractivity contribution in [2.75, 3.05) is 47.4 Å². The van der Waals surface area contributed by atoms with Crippen molar-refractivity contribution in [1.82, 2.24) is 0 Å². The molecule has 0 saturated heterocycles. The normalized spacial score (nSPS) is 12.6. The highest BCUT2D eigenvalue weighted by atomic mass is 19.4. The highest BCUT2D eigenvalue weighted by molar-refractivity contribution is 5.76. The Morgan fingerprint density at radius 3 is 1.14 bits per heavy atom. The van der Waals surface area contributed by atoms with E-state index in [0.29, 0.717) is 24.3 Å². The minimum Gasteiger partial charge on any atom is -0.504 e. The second-order valence-electron chi connectivity index (χ2n) is 7.96. The van der Waals surface area contributed by atoms with Gasteiger partial charge in [-0.15, -0.1) is 0 Å². The molecule has 0 aliphatic rings. The zero-order chi connectivity index (χ0) is 26.9. The Bertz CT molecular complexity index is 964. The predicted molar refractivity (Wildman–Crippen MR) is 125 cm³/mol. The molecule has 6 N–H and O–H groups in total. The maximum atomic E-state index is 14.7. The molecule has 0 amide bonds. The Labute approximate surface area is 199 Å². The summed E-state index contributed by atoms with van der Waals surface area (Å²) in [5, 5.41) is 20.7. The summed E-state index contributed by atoms with van der Waals surface area (Å²) in [6.45, 7) is 7.28. The van der Waals surface area contributed by atoms with E-state index in [1.54, 1.807) is 27.7 Å². The molecule has 0 unspecified atom stereocenters. The van der Waals surface area contributed by atoms with Gasteiger partial charge in [-0.1, -0.05) is 0 Å². The summed E-state index contributed by atoms with van der Waals surface area (Å²) in [6.07, 6.45) is -11.8. The van der Waals surface area contributed by atoms with Crippen LogP contribution < -0.4 is 21.3 Å². The van der Waals surface area contributed by atoms with Gasteiger partial charge in [0.1, 0.15) is 0 Å². The largest absolute Gasteiger partial charge is 0.504 e. The molecule has 2 aromatic rings. The molecule has 0 aromatic heterocycles. The number of anilines is 4. The van der Waals surface area contributed by atoms with Gasteiger partial charge in [0.15, 0.2) is 11.5 Å². The van der Waals surface area contributed by atoms with Gasteiger partial charge in [0, 0.05) is 26.2 Å². The molecular formula is C23H30F6N4O2. The van der Waals surface area contributed by atoms with Crippen molar-refractivity contribution in [3.63, 3.8) is 0 Å². The first-order chi connectivity index (χ1) is 16.1. The van der Waals surface area contributed by atoms with Crippen LogP contribution in [-0.4, -0.2) is 48.7 Å². The molecule has 0 bridgehead atoms. The molecular weight excluding hydrogens is 478 g/mol. The molecule has 2 aromatic carbocycles. The Morgan fingerprint density at radius 2 is 0.914 bits per heavy atom. The highest BCUT2D eigenvalue weighted by Crippen LogP contribution is 2.59. The van der Waals surface area contributed by atoms with Crippen molar-refractivity contribution in [3.05, 3.63) is 35.4 Å². The van der Waals surface area contributed by atoms with Crippen LogP contribution in [0.15, 0.2) is 24.3 Å². The lowest BCUT2D eigenvalue weighted by Gasteiger charge is -2.40. The topological polar surface area (TPSA) is 99.0 Å². The van der Waals surface area contributed by atoms with E-state index in [9.17, 15) is 36.6 Å². The fraction of sp³-hybridized carbons (Fsp3) is 0.478. The van der Waals surface area contributed by atoms with Crippen LogP contribution in [0.5, 0.6) is 11.5 Å². The van der Waals surface area contributed by atoms with Crippen molar-refractivity contribution in [1.29, 1.82) is 0 Å². The molecule has 0 radical (unpaired) electrons. The summed E-state index contributed by atoms with van der Waals surface area (Å²) in [7, 11) is 0. The number of phenolic OH excluding ortho intramolecular Hbond substituents is 2. The van der Waals surface area contributed by atoms with E-state index in [4.69, 9.17) is 11.5 Å². The molecule has 0 heterocycles. The zero-order valence-corrected chi connectivity index (χ0v) is 19.8. The average molecular weight is 509 g/mol. The van der Waals surface area contributed by atoms with Gasteiger partial charge in [0.25, 0.3) is 0 Å². The summed E-state index contributed by atoms with van der Waals surface area (Å²) in [4.78, 5) is 2.78. The van der Waals surface area contributed by atoms with Gasteiger partial charge in [0.2, 0.25) is 5.41 Å². The van der Waals surface area contributed by atoms with E-state index < -0.39 is 51.8 Å². The van der Waals surface area contributed by atoms with Crippen LogP contribution in [0.4, 0.5) is 49.1 Å². The second kappa shape index (κ2) is 9.82. The third-order valence-corrected chi connectivity index (χ3v) is 6.16. The van der Waals surface area contributed by atoms with Crippen LogP contribution in [-0.2, 0) is 5.41 Å². The molecule has 0 spiro atoms. The number of hydrogen-bond acceptors (Lipinski definition) is 6. The lowest BCUT2D eigenvalue weighted by Crippen LogP contribution is -2.55. The first-order valence-electron chi connectivity index (χ1n) is 11.0. The molecule has 0 atom stereocenters. The standard InChI is InChI=1S/C23H30F6N4O2/c1-5-32(6-2)17-11-13(9-15(30)19(17)34)21(22(24,25)26,23(27,28)29)14-10-16(31)20(35)18(12-14)33(7-3)8-4/h9-12,34-35H,5-8,30-31H2,1-4H3. The number of alkyl halides is 6. The van der Waals surface area contributed by atoms with E-state index in [2.05, 4.69) is 0 Å². The van der Waals surface area contributed by atoms with Crippen LogP contribution in [0.2, 0.25) is 0 Å². The third-order valence-electron chi connectivity index (χ3n) is 6.16. The number of halogens is 6. The first-order valence-corrected chi connectivity index (χ1v) is 11.0. The van der Waals surface area contributed by atoms with Gasteiger partial charge in [-0.25, -0.2) is 0 Å². The number of nitrogen functional groups attached to an aromatic ring is 2. The van der Waals surface area contributed by atoms with Crippen molar-refractivity contribution >= 4 is 22.7 Å². The maximum Gasteiger partial charge on any atom is 0.411 e. The lowest BCUT2D eigenvalue weighted by molar-refractivity contribution is -0.288. The number of phenols is 2. The van der Waals surface area contributed by atoms with Gasteiger partial charge < -0.3 is 31.5 Å². The molecule has 196 valence electrons.